The molecule has 4 nitrogen and oxygen atoms in total. The number of hydrogen-bond acceptors (Lipinski definition) is 2. The highest BCUT2D eigenvalue weighted by Crippen LogP contribution is 2.34. The third-order valence-electron chi connectivity index (χ3n) is 4.98. The fourth-order valence-electron chi connectivity index (χ4n) is 3.94. The number of fused-ring (bicyclic) bond motifs is 2. The van der Waals surface area contributed by atoms with Crippen molar-refractivity contribution in [1.82, 2.24) is 15.5 Å². The minimum atomic E-state index is -0.327. The number of piperidine rings is 2. The summed E-state index contributed by atoms with van der Waals surface area (Å²) in [6, 6.07) is 6.63. The molecule has 2 aliphatic rings. The zero-order chi connectivity index (χ0) is 17.1. The number of halogens is 1. The first-order valence-corrected chi connectivity index (χ1v) is 9.12. The van der Waals surface area contributed by atoms with E-state index in [9.17, 15) is 9.18 Å². The molecule has 6 heteroatoms. The molecule has 0 aromatic heterocycles. The van der Waals surface area contributed by atoms with Crippen molar-refractivity contribution in [3.63, 3.8) is 0 Å². The second-order valence-corrected chi connectivity index (χ2v) is 7.02. The quantitative estimate of drug-likeness (QED) is 0.824. The number of nitrogens with one attached hydrogen (secondary N) is 2. The molecule has 0 radical (unpaired) electrons. The Labute approximate surface area is 147 Å². The van der Waals surface area contributed by atoms with E-state index in [2.05, 4.69) is 22.5 Å². The number of benzene rings is 1. The van der Waals surface area contributed by atoms with Gasteiger partial charge in [-0.3, -0.25) is 4.79 Å². The van der Waals surface area contributed by atoms with Gasteiger partial charge in [0.1, 0.15) is 5.82 Å². The molecule has 0 spiro atoms. The summed E-state index contributed by atoms with van der Waals surface area (Å²) >= 11 is 5.53. The van der Waals surface area contributed by atoms with Gasteiger partial charge < -0.3 is 15.5 Å². The van der Waals surface area contributed by atoms with E-state index in [-0.39, 0.29) is 17.8 Å². The maximum Gasteiger partial charge on any atom is 0.251 e. The summed E-state index contributed by atoms with van der Waals surface area (Å²) < 4.78 is 13.0. The van der Waals surface area contributed by atoms with Crippen LogP contribution in [0.2, 0.25) is 0 Å². The molecular weight excluding hydrogens is 325 g/mol. The van der Waals surface area contributed by atoms with E-state index in [4.69, 9.17) is 12.2 Å². The van der Waals surface area contributed by atoms with Crippen molar-refractivity contribution in [2.75, 3.05) is 6.54 Å². The molecule has 2 atom stereocenters. The van der Waals surface area contributed by atoms with E-state index in [1.807, 2.05) is 0 Å². The molecule has 2 heterocycles. The number of carbonyl (C=O) groups is 1. The lowest BCUT2D eigenvalue weighted by Gasteiger charge is -2.50. The second kappa shape index (κ2) is 7.47. The smallest absolute Gasteiger partial charge is 0.251 e. The van der Waals surface area contributed by atoms with Crippen LogP contribution in [0.4, 0.5) is 4.39 Å². The van der Waals surface area contributed by atoms with Gasteiger partial charge in [-0.2, -0.15) is 0 Å². The van der Waals surface area contributed by atoms with Crippen LogP contribution in [0.1, 0.15) is 49.4 Å². The number of hydrogen-bond donors (Lipinski definition) is 2. The van der Waals surface area contributed by atoms with Crippen LogP contribution >= 0.6 is 12.2 Å². The molecule has 2 aliphatic heterocycles. The van der Waals surface area contributed by atoms with Gasteiger partial charge in [0.2, 0.25) is 0 Å². The molecule has 1 aromatic carbocycles. The Bertz CT molecular complexity index is 593. The second-order valence-electron chi connectivity index (χ2n) is 6.63. The lowest BCUT2D eigenvalue weighted by atomic mass is 9.82. The van der Waals surface area contributed by atoms with Crippen LogP contribution in [0.25, 0.3) is 0 Å². The first-order chi connectivity index (χ1) is 11.6. The Balaban J connectivity index is 1.64. The van der Waals surface area contributed by atoms with Crippen LogP contribution in [-0.4, -0.2) is 40.6 Å². The number of nitrogens with zero attached hydrogens (tertiary/aromatic N) is 1. The normalized spacial score (nSPS) is 25.9. The van der Waals surface area contributed by atoms with Crippen LogP contribution in [-0.2, 0) is 0 Å². The predicted octanol–water partition coefficient (Wildman–Crippen LogP) is 2.84. The van der Waals surface area contributed by atoms with Gasteiger partial charge in [-0.15, -0.1) is 0 Å². The van der Waals surface area contributed by atoms with Gasteiger partial charge in [-0.25, -0.2) is 4.39 Å². The summed E-state index contributed by atoms with van der Waals surface area (Å²) in [6.07, 6.45) is 5.28. The minimum Gasteiger partial charge on any atom is -0.363 e. The van der Waals surface area contributed by atoms with E-state index in [1.165, 1.54) is 30.7 Å². The number of amides is 1. The van der Waals surface area contributed by atoms with Gasteiger partial charge >= 0.3 is 0 Å². The molecular formula is C18H24FN3OS. The number of rotatable bonds is 3. The average molecular weight is 349 g/mol. The maximum absolute atomic E-state index is 13.0. The van der Waals surface area contributed by atoms with Gasteiger partial charge in [0.05, 0.1) is 0 Å². The molecule has 2 N–H and O–H groups in total. The van der Waals surface area contributed by atoms with Crippen molar-refractivity contribution < 1.29 is 9.18 Å². The van der Waals surface area contributed by atoms with Gasteiger partial charge in [0.15, 0.2) is 5.11 Å². The fourth-order valence-corrected chi connectivity index (χ4v) is 4.39. The molecule has 24 heavy (non-hydrogen) atoms. The van der Waals surface area contributed by atoms with E-state index >= 15 is 0 Å². The van der Waals surface area contributed by atoms with Crippen molar-refractivity contribution in [1.29, 1.82) is 0 Å². The van der Waals surface area contributed by atoms with E-state index in [0.29, 0.717) is 17.6 Å². The zero-order valence-corrected chi connectivity index (χ0v) is 14.7. The molecule has 3 rings (SSSR count). The molecule has 1 aromatic rings. The first-order valence-electron chi connectivity index (χ1n) is 8.71. The summed E-state index contributed by atoms with van der Waals surface area (Å²) in [7, 11) is 0. The number of thiocarbonyl (C=S) groups is 1. The largest absolute Gasteiger partial charge is 0.363 e. The monoisotopic (exact) mass is 349 g/mol. The topological polar surface area (TPSA) is 44.4 Å². The SMILES string of the molecule is CCNC(=S)N1[C@@H]2CCC[C@@H]1CC(NC(=O)c1ccc(F)cc1)C2. The summed E-state index contributed by atoms with van der Waals surface area (Å²) in [5.74, 6) is -0.452. The van der Waals surface area contributed by atoms with Crippen LogP contribution in [0.5, 0.6) is 0 Å². The zero-order valence-electron chi connectivity index (χ0n) is 13.9. The Kier molecular flexibility index (Phi) is 5.33. The Hall–Kier alpha value is -1.69. The van der Waals surface area contributed by atoms with Crippen molar-refractivity contribution in [3.8, 4) is 0 Å². The Morgan fingerprint density at radius 1 is 1.25 bits per heavy atom. The Morgan fingerprint density at radius 2 is 1.88 bits per heavy atom. The third kappa shape index (κ3) is 3.69. The summed E-state index contributed by atoms with van der Waals surface area (Å²) in [4.78, 5) is 14.7. The van der Waals surface area contributed by atoms with Crippen LogP contribution in [0, 0.1) is 5.82 Å². The maximum atomic E-state index is 13.0. The summed E-state index contributed by atoms with van der Waals surface area (Å²) in [5.41, 5.74) is 0.507. The van der Waals surface area contributed by atoms with Crippen LogP contribution in [0.3, 0.4) is 0 Å². The Morgan fingerprint density at radius 3 is 2.46 bits per heavy atom. The van der Waals surface area contributed by atoms with E-state index in [0.717, 1.165) is 37.3 Å². The predicted molar refractivity (Wildman–Crippen MR) is 96.4 cm³/mol. The van der Waals surface area contributed by atoms with Crippen LogP contribution < -0.4 is 10.6 Å². The molecule has 2 bridgehead atoms. The van der Waals surface area contributed by atoms with E-state index in [1.54, 1.807) is 0 Å². The highest BCUT2D eigenvalue weighted by atomic mass is 32.1. The minimum absolute atomic E-state index is 0.124. The van der Waals surface area contributed by atoms with Crippen molar-refractivity contribution in [2.24, 2.45) is 0 Å². The standard InChI is InChI=1S/C18H24FN3OS/c1-2-20-18(24)22-15-4-3-5-16(22)11-14(10-15)21-17(23)12-6-8-13(19)9-7-12/h6-9,14-16H,2-5,10-11H2,1H3,(H,20,24)(H,21,23)/t15-,16-/m1/s1. The third-order valence-corrected chi connectivity index (χ3v) is 5.33. The van der Waals surface area contributed by atoms with Gasteiger partial charge in [-0.1, -0.05) is 0 Å². The van der Waals surface area contributed by atoms with Crippen LogP contribution in [0.15, 0.2) is 24.3 Å². The van der Waals surface area contributed by atoms with Crippen molar-refractivity contribution in [3.05, 3.63) is 35.6 Å². The summed E-state index contributed by atoms with van der Waals surface area (Å²) in [5, 5.41) is 7.23. The highest BCUT2D eigenvalue weighted by molar-refractivity contribution is 7.80. The van der Waals surface area contributed by atoms with Gasteiger partial charge in [0, 0.05) is 30.2 Å². The summed E-state index contributed by atoms with van der Waals surface area (Å²) in [6.45, 7) is 2.89. The van der Waals surface area contributed by atoms with Crippen molar-refractivity contribution >= 4 is 23.2 Å². The van der Waals surface area contributed by atoms with Crippen molar-refractivity contribution in [2.45, 2.75) is 57.2 Å². The lowest BCUT2D eigenvalue weighted by molar-refractivity contribution is 0.0741. The molecule has 0 unspecified atom stereocenters. The molecule has 1 amide bonds. The fraction of sp³-hybridized carbons (Fsp3) is 0.556. The first kappa shape index (κ1) is 17.1. The highest BCUT2D eigenvalue weighted by Gasteiger charge is 2.39. The lowest BCUT2D eigenvalue weighted by Crippen LogP contribution is -2.60. The van der Waals surface area contributed by atoms with Gasteiger partial charge in [-0.05, 0) is 75.5 Å². The molecule has 0 aliphatic carbocycles. The molecule has 2 fully saturated rings. The molecule has 130 valence electrons. The van der Waals surface area contributed by atoms with Gasteiger partial charge in [0.25, 0.3) is 5.91 Å². The van der Waals surface area contributed by atoms with E-state index < -0.39 is 0 Å². The molecule has 0 saturated carbocycles. The average Bonchev–Trinajstić information content (AvgIpc) is 2.54. The number of carbonyl (C=O) groups excluding carboxylic acids is 1. The molecule has 2 saturated heterocycles.